The van der Waals surface area contributed by atoms with Gasteiger partial charge in [-0.15, -0.1) is 10.2 Å². The van der Waals surface area contributed by atoms with Crippen molar-refractivity contribution in [1.29, 1.82) is 0 Å². The molecule has 0 spiro atoms. The van der Waals surface area contributed by atoms with Gasteiger partial charge in [0.25, 0.3) is 0 Å². The lowest BCUT2D eigenvalue weighted by molar-refractivity contribution is 0.290. The molecule has 1 aromatic heterocycles. The molecule has 0 aliphatic rings. The summed E-state index contributed by atoms with van der Waals surface area (Å²) in [6, 6.07) is 13.6. The third kappa shape index (κ3) is 4.72. The summed E-state index contributed by atoms with van der Waals surface area (Å²) < 4.78 is 7.75. The number of benzene rings is 2. The minimum Gasteiger partial charge on any atom is -0.486 e. The quantitative estimate of drug-likeness (QED) is 0.480. The molecule has 1 heterocycles. The molecule has 0 saturated heterocycles. The van der Waals surface area contributed by atoms with Crippen molar-refractivity contribution in [3.8, 4) is 5.75 Å². The van der Waals surface area contributed by atoms with Crippen LogP contribution in [-0.2, 0) is 25.8 Å². The van der Waals surface area contributed by atoms with Crippen LogP contribution in [0.4, 0.5) is 0 Å². The van der Waals surface area contributed by atoms with E-state index >= 15 is 0 Å². The van der Waals surface area contributed by atoms with Gasteiger partial charge in [-0.2, -0.15) is 0 Å². The zero-order chi connectivity index (χ0) is 18.5. The van der Waals surface area contributed by atoms with Gasteiger partial charge in [0, 0.05) is 22.8 Å². The summed E-state index contributed by atoms with van der Waals surface area (Å²) in [5, 5.41) is 10.6. The summed E-state index contributed by atoms with van der Waals surface area (Å²) in [6.07, 6.45) is 1.02. The van der Waals surface area contributed by atoms with Gasteiger partial charge in [0.2, 0.25) is 0 Å². The van der Waals surface area contributed by atoms with Crippen molar-refractivity contribution in [2.75, 3.05) is 0 Å². The average molecular weight is 408 g/mol. The Labute approximate surface area is 167 Å². The molecular weight excluding hydrogens is 389 g/mol. The lowest BCUT2D eigenvalue weighted by Gasteiger charge is -2.08. The first kappa shape index (κ1) is 19.1. The first-order valence-electron chi connectivity index (χ1n) is 8.23. The number of aryl methyl sites for hydroxylation is 1. The van der Waals surface area contributed by atoms with Crippen molar-refractivity contribution in [3.05, 3.63) is 69.5 Å². The van der Waals surface area contributed by atoms with Gasteiger partial charge in [-0.25, -0.2) is 0 Å². The minimum absolute atomic E-state index is 0.372. The number of hydrogen-bond acceptors (Lipinski definition) is 4. The maximum Gasteiger partial charge on any atom is 0.191 e. The number of rotatable bonds is 7. The van der Waals surface area contributed by atoms with Gasteiger partial charge in [0.1, 0.15) is 12.4 Å². The highest BCUT2D eigenvalue weighted by atomic mass is 35.5. The molecular formula is C19H19Cl2N3OS. The van der Waals surface area contributed by atoms with Crippen molar-refractivity contribution in [2.45, 2.75) is 30.9 Å². The molecule has 2 aromatic carbocycles. The molecule has 136 valence electrons. The molecule has 0 radical (unpaired) electrons. The van der Waals surface area contributed by atoms with Crippen LogP contribution < -0.4 is 4.74 Å². The second kappa shape index (κ2) is 8.80. The minimum atomic E-state index is 0.372. The van der Waals surface area contributed by atoms with Crippen LogP contribution >= 0.6 is 35.0 Å². The Morgan fingerprint density at radius 2 is 1.85 bits per heavy atom. The number of ether oxygens (including phenoxy) is 1. The predicted molar refractivity (Wildman–Crippen MR) is 107 cm³/mol. The van der Waals surface area contributed by atoms with Crippen molar-refractivity contribution in [2.24, 2.45) is 7.05 Å². The average Bonchev–Trinajstić information content (AvgIpc) is 2.99. The molecule has 0 saturated carbocycles. The standard InChI is InChI=1S/C19H19Cl2N3OS/c1-3-13-4-8-16(9-5-13)25-11-18-22-23-19(24(18)2)26-12-14-6-7-15(20)10-17(14)21/h4-10H,3,11-12H2,1-2H3. The van der Waals surface area contributed by atoms with E-state index in [1.165, 1.54) is 5.56 Å². The van der Waals surface area contributed by atoms with Crippen LogP contribution in [0.3, 0.4) is 0 Å². The highest BCUT2D eigenvalue weighted by Crippen LogP contribution is 2.28. The maximum absolute atomic E-state index is 6.22. The fraction of sp³-hybridized carbons (Fsp3) is 0.263. The highest BCUT2D eigenvalue weighted by Gasteiger charge is 2.11. The fourth-order valence-electron chi connectivity index (χ4n) is 2.35. The zero-order valence-corrected chi connectivity index (χ0v) is 16.9. The predicted octanol–water partition coefficient (Wildman–Crippen LogP) is 5.56. The van der Waals surface area contributed by atoms with Crippen molar-refractivity contribution in [3.63, 3.8) is 0 Å². The van der Waals surface area contributed by atoms with E-state index in [0.29, 0.717) is 22.4 Å². The smallest absolute Gasteiger partial charge is 0.191 e. The normalized spacial score (nSPS) is 10.9. The Bertz CT molecular complexity index is 881. The van der Waals surface area contributed by atoms with E-state index in [0.717, 1.165) is 28.7 Å². The molecule has 3 aromatic rings. The largest absolute Gasteiger partial charge is 0.486 e. The number of thioether (sulfide) groups is 1. The summed E-state index contributed by atoms with van der Waals surface area (Å²) in [7, 11) is 1.94. The summed E-state index contributed by atoms with van der Waals surface area (Å²) in [6.45, 7) is 2.50. The molecule has 7 heteroatoms. The van der Waals surface area contributed by atoms with Gasteiger partial charge in [-0.3, -0.25) is 0 Å². The molecule has 0 fully saturated rings. The summed E-state index contributed by atoms with van der Waals surface area (Å²) in [5.74, 6) is 2.29. The van der Waals surface area contributed by atoms with Crippen LogP contribution in [0.15, 0.2) is 47.6 Å². The Balaban J connectivity index is 1.60. The molecule has 0 atom stereocenters. The van der Waals surface area contributed by atoms with Crippen LogP contribution in [0, 0.1) is 0 Å². The molecule has 0 bridgehead atoms. The number of aromatic nitrogens is 3. The van der Waals surface area contributed by atoms with Crippen LogP contribution in [0.1, 0.15) is 23.9 Å². The van der Waals surface area contributed by atoms with Gasteiger partial charge in [0.05, 0.1) is 0 Å². The number of halogens is 2. The van der Waals surface area contributed by atoms with Gasteiger partial charge in [-0.05, 0) is 41.8 Å². The zero-order valence-electron chi connectivity index (χ0n) is 14.6. The van der Waals surface area contributed by atoms with Gasteiger partial charge in [0.15, 0.2) is 11.0 Å². The lowest BCUT2D eigenvalue weighted by Crippen LogP contribution is -2.04. The topological polar surface area (TPSA) is 39.9 Å². The monoisotopic (exact) mass is 407 g/mol. The van der Waals surface area contributed by atoms with Gasteiger partial charge < -0.3 is 9.30 Å². The van der Waals surface area contributed by atoms with Crippen molar-refractivity contribution >= 4 is 35.0 Å². The van der Waals surface area contributed by atoms with E-state index in [9.17, 15) is 0 Å². The second-order valence-electron chi connectivity index (χ2n) is 5.77. The lowest BCUT2D eigenvalue weighted by atomic mass is 10.2. The Kier molecular flexibility index (Phi) is 6.46. The van der Waals surface area contributed by atoms with E-state index in [2.05, 4.69) is 29.3 Å². The second-order valence-corrected chi connectivity index (χ2v) is 7.55. The SMILES string of the molecule is CCc1ccc(OCc2nnc(SCc3ccc(Cl)cc3Cl)n2C)cc1. The summed E-state index contributed by atoms with van der Waals surface area (Å²) >= 11 is 13.7. The summed E-state index contributed by atoms with van der Waals surface area (Å²) in [5.41, 5.74) is 2.30. The van der Waals surface area contributed by atoms with Crippen LogP contribution in [0.2, 0.25) is 10.0 Å². The van der Waals surface area contributed by atoms with Crippen LogP contribution in [0.5, 0.6) is 5.75 Å². The Morgan fingerprint density at radius 1 is 1.08 bits per heavy atom. The molecule has 0 aliphatic heterocycles. The van der Waals surface area contributed by atoms with Gasteiger partial charge in [-0.1, -0.05) is 60.1 Å². The van der Waals surface area contributed by atoms with E-state index in [1.807, 2.05) is 35.9 Å². The van der Waals surface area contributed by atoms with E-state index in [4.69, 9.17) is 27.9 Å². The molecule has 3 rings (SSSR count). The third-order valence-electron chi connectivity index (χ3n) is 4.00. The van der Waals surface area contributed by atoms with E-state index in [-0.39, 0.29) is 0 Å². The first-order chi connectivity index (χ1) is 12.6. The van der Waals surface area contributed by atoms with Crippen molar-refractivity contribution < 1.29 is 4.74 Å². The number of nitrogens with zero attached hydrogens (tertiary/aromatic N) is 3. The third-order valence-corrected chi connectivity index (χ3v) is 5.65. The molecule has 26 heavy (non-hydrogen) atoms. The molecule has 0 aliphatic carbocycles. The Hall–Kier alpha value is -1.69. The van der Waals surface area contributed by atoms with E-state index in [1.54, 1.807) is 17.8 Å². The van der Waals surface area contributed by atoms with E-state index < -0.39 is 0 Å². The Morgan fingerprint density at radius 3 is 2.54 bits per heavy atom. The van der Waals surface area contributed by atoms with Gasteiger partial charge >= 0.3 is 0 Å². The molecule has 0 unspecified atom stereocenters. The maximum atomic E-state index is 6.22. The summed E-state index contributed by atoms with van der Waals surface area (Å²) in [4.78, 5) is 0. The van der Waals surface area contributed by atoms with Crippen LogP contribution in [-0.4, -0.2) is 14.8 Å². The molecule has 0 N–H and O–H groups in total. The fourth-order valence-corrected chi connectivity index (χ4v) is 3.84. The molecule has 0 amide bonds. The highest BCUT2D eigenvalue weighted by molar-refractivity contribution is 7.98. The van der Waals surface area contributed by atoms with Crippen LogP contribution in [0.25, 0.3) is 0 Å². The first-order valence-corrected chi connectivity index (χ1v) is 9.97. The number of hydrogen-bond donors (Lipinski definition) is 0. The van der Waals surface area contributed by atoms with Crippen molar-refractivity contribution in [1.82, 2.24) is 14.8 Å². The molecule has 4 nitrogen and oxygen atoms in total.